The predicted molar refractivity (Wildman–Crippen MR) is 129 cm³/mol. The SMILES string of the molecule is C#Cc1c(F)ccc2cccc(-c3ncc4c(N(C)C5CNC(C)C5)nc(OC)nc4c3F)c12. The zero-order valence-corrected chi connectivity index (χ0v) is 19.1. The van der Waals surface area contributed by atoms with Crippen LogP contribution < -0.4 is 15.0 Å². The van der Waals surface area contributed by atoms with E-state index in [2.05, 4.69) is 33.1 Å². The largest absolute Gasteiger partial charge is 0.467 e. The van der Waals surface area contributed by atoms with Crippen LogP contribution in [0.15, 0.2) is 36.5 Å². The number of hydrogen-bond acceptors (Lipinski definition) is 6. The molecule has 5 rings (SSSR count). The van der Waals surface area contributed by atoms with Crippen molar-refractivity contribution in [2.45, 2.75) is 25.4 Å². The molecule has 6 nitrogen and oxygen atoms in total. The molecule has 8 heteroatoms. The summed E-state index contributed by atoms with van der Waals surface area (Å²) in [5.74, 6) is 1.74. The van der Waals surface area contributed by atoms with E-state index in [1.165, 1.54) is 13.2 Å². The number of rotatable bonds is 4. The van der Waals surface area contributed by atoms with E-state index in [4.69, 9.17) is 11.2 Å². The van der Waals surface area contributed by atoms with Crippen LogP contribution in [0, 0.1) is 24.0 Å². The van der Waals surface area contributed by atoms with Crippen LogP contribution in [-0.4, -0.2) is 47.7 Å². The number of methoxy groups -OCH3 is 1. The van der Waals surface area contributed by atoms with E-state index in [9.17, 15) is 4.39 Å². The van der Waals surface area contributed by atoms with Crippen molar-refractivity contribution < 1.29 is 13.5 Å². The molecule has 0 bridgehead atoms. The highest BCUT2D eigenvalue weighted by atomic mass is 19.1. The second-order valence-corrected chi connectivity index (χ2v) is 8.50. The quantitative estimate of drug-likeness (QED) is 0.459. The van der Waals surface area contributed by atoms with Crippen molar-refractivity contribution in [1.29, 1.82) is 0 Å². The average molecular weight is 460 g/mol. The van der Waals surface area contributed by atoms with Gasteiger partial charge in [-0.15, -0.1) is 6.42 Å². The van der Waals surface area contributed by atoms with Crippen molar-refractivity contribution in [2.24, 2.45) is 0 Å². The third kappa shape index (κ3) is 3.49. The molecule has 2 aromatic carbocycles. The van der Waals surface area contributed by atoms with Crippen LogP contribution in [-0.2, 0) is 0 Å². The molecule has 1 N–H and O–H groups in total. The van der Waals surface area contributed by atoms with Crippen LogP contribution in [0.2, 0.25) is 0 Å². The van der Waals surface area contributed by atoms with Crippen molar-refractivity contribution in [3.05, 3.63) is 53.7 Å². The van der Waals surface area contributed by atoms with Gasteiger partial charge in [-0.1, -0.05) is 30.2 Å². The molecule has 4 aromatic rings. The number of aromatic nitrogens is 3. The first-order valence-electron chi connectivity index (χ1n) is 11.0. The van der Waals surface area contributed by atoms with E-state index in [-0.39, 0.29) is 28.8 Å². The summed E-state index contributed by atoms with van der Waals surface area (Å²) in [7, 11) is 3.36. The normalized spacial score (nSPS) is 17.8. The van der Waals surface area contributed by atoms with Crippen LogP contribution in [0.3, 0.4) is 0 Å². The second-order valence-electron chi connectivity index (χ2n) is 8.50. The molecule has 2 aromatic heterocycles. The van der Waals surface area contributed by atoms with Crippen molar-refractivity contribution in [2.75, 3.05) is 25.6 Å². The number of pyridine rings is 1. The van der Waals surface area contributed by atoms with Crippen LogP contribution in [0.4, 0.5) is 14.6 Å². The summed E-state index contributed by atoms with van der Waals surface area (Å²) < 4.78 is 35.8. The van der Waals surface area contributed by atoms with E-state index >= 15 is 4.39 Å². The Morgan fingerprint density at radius 1 is 1.21 bits per heavy atom. The van der Waals surface area contributed by atoms with E-state index in [1.807, 2.05) is 11.9 Å². The third-order valence-electron chi connectivity index (χ3n) is 6.43. The molecule has 3 heterocycles. The topological polar surface area (TPSA) is 63.2 Å². The van der Waals surface area contributed by atoms with Crippen molar-refractivity contribution in [3.8, 4) is 29.6 Å². The van der Waals surface area contributed by atoms with E-state index in [0.29, 0.717) is 33.6 Å². The first kappa shape index (κ1) is 22.0. The lowest BCUT2D eigenvalue weighted by Gasteiger charge is -2.26. The summed E-state index contributed by atoms with van der Waals surface area (Å²) in [5.41, 5.74) is 0.572. The number of benzene rings is 2. The van der Waals surface area contributed by atoms with Gasteiger partial charge < -0.3 is 15.0 Å². The molecule has 0 radical (unpaired) electrons. The summed E-state index contributed by atoms with van der Waals surface area (Å²) in [6.07, 6.45) is 8.08. The van der Waals surface area contributed by atoms with Crippen molar-refractivity contribution >= 4 is 27.5 Å². The van der Waals surface area contributed by atoms with Gasteiger partial charge in [-0.05, 0) is 24.8 Å². The van der Waals surface area contributed by atoms with Gasteiger partial charge in [0.1, 0.15) is 22.8 Å². The Morgan fingerprint density at radius 2 is 2.03 bits per heavy atom. The number of halogens is 2. The molecule has 172 valence electrons. The third-order valence-corrected chi connectivity index (χ3v) is 6.43. The number of nitrogens with one attached hydrogen (secondary N) is 1. The Kier molecular flexibility index (Phi) is 5.50. The zero-order chi connectivity index (χ0) is 24.0. The maximum absolute atomic E-state index is 16.0. The summed E-state index contributed by atoms with van der Waals surface area (Å²) >= 11 is 0. The van der Waals surface area contributed by atoms with Crippen LogP contribution in [0.1, 0.15) is 18.9 Å². The molecule has 1 saturated heterocycles. The molecular formula is C26H23F2N5O. The van der Waals surface area contributed by atoms with Gasteiger partial charge in [0.25, 0.3) is 0 Å². The molecule has 0 aliphatic carbocycles. The number of terminal acetylenes is 1. The second kappa shape index (κ2) is 8.50. The first-order chi connectivity index (χ1) is 16.4. The monoisotopic (exact) mass is 459 g/mol. The smallest absolute Gasteiger partial charge is 0.318 e. The summed E-state index contributed by atoms with van der Waals surface area (Å²) in [5, 5.41) is 5.01. The number of fused-ring (bicyclic) bond motifs is 2. The Morgan fingerprint density at radius 3 is 2.74 bits per heavy atom. The highest BCUT2D eigenvalue weighted by Crippen LogP contribution is 2.36. The van der Waals surface area contributed by atoms with E-state index in [1.54, 1.807) is 30.5 Å². The van der Waals surface area contributed by atoms with Gasteiger partial charge in [0.05, 0.1) is 18.1 Å². The molecule has 34 heavy (non-hydrogen) atoms. The molecule has 2 atom stereocenters. The lowest BCUT2D eigenvalue weighted by atomic mass is 9.96. The number of nitrogens with zero attached hydrogens (tertiary/aromatic N) is 4. The fraction of sp³-hybridized carbons (Fsp3) is 0.269. The van der Waals surface area contributed by atoms with Gasteiger partial charge in [0, 0.05) is 42.8 Å². The number of ether oxygens (including phenoxy) is 1. The minimum Gasteiger partial charge on any atom is -0.467 e. The van der Waals surface area contributed by atoms with Gasteiger partial charge in [0.15, 0.2) is 5.82 Å². The lowest BCUT2D eigenvalue weighted by Crippen LogP contribution is -2.34. The number of anilines is 1. The highest BCUT2D eigenvalue weighted by molar-refractivity contribution is 6.02. The maximum Gasteiger partial charge on any atom is 0.318 e. The number of hydrogen-bond donors (Lipinski definition) is 1. The fourth-order valence-corrected chi connectivity index (χ4v) is 4.64. The Labute approximate surface area is 196 Å². The molecule has 0 spiro atoms. The standard InChI is InChI=1S/C26H23F2N5O/c1-5-17-20(27)10-9-15-7-6-8-18(21(15)17)23-22(28)24-19(13-30-23)25(32-26(31-24)34-4)33(3)16-11-14(2)29-12-16/h1,6-10,13-14,16,29H,11-12H2,2-4H3. The average Bonchev–Trinajstić information content (AvgIpc) is 3.29. The minimum atomic E-state index is -0.648. The fourth-order valence-electron chi connectivity index (χ4n) is 4.64. The molecule has 0 saturated carbocycles. The predicted octanol–water partition coefficient (Wildman–Crippen LogP) is 4.30. The Hall–Kier alpha value is -3.83. The van der Waals surface area contributed by atoms with Gasteiger partial charge >= 0.3 is 6.01 Å². The van der Waals surface area contributed by atoms with Crippen molar-refractivity contribution in [1.82, 2.24) is 20.3 Å². The van der Waals surface area contributed by atoms with Gasteiger partial charge in [-0.25, -0.2) is 8.78 Å². The van der Waals surface area contributed by atoms with Gasteiger partial charge in [-0.3, -0.25) is 4.98 Å². The zero-order valence-electron chi connectivity index (χ0n) is 19.1. The van der Waals surface area contributed by atoms with Crippen LogP contribution >= 0.6 is 0 Å². The molecule has 2 unspecified atom stereocenters. The van der Waals surface area contributed by atoms with Crippen LogP contribution in [0.25, 0.3) is 32.9 Å². The van der Waals surface area contributed by atoms with E-state index in [0.717, 1.165) is 13.0 Å². The van der Waals surface area contributed by atoms with Gasteiger partial charge in [-0.2, -0.15) is 9.97 Å². The number of likely N-dealkylation sites (N-methyl/N-ethyl adjacent to an activating group) is 1. The summed E-state index contributed by atoms with van der Waals surface area (Å²) in [4.78, 5) is 15.3. The first-order valence-corrected chi connectivity index (χ1v) is 11.0. The Balaban J connectivity index is 1.74. The minimum absolute atomic E-state index is 0.0331. The Bertz CT molecular complexity index is 1470. The molecule has 0 amide bonds. The van der Waals surface area contributed by atoms with Crippen molar-refractivity contribution in [3.63, 3.8) is 0 Å². The van der Waals surface area contributed by atoms with Gasteiger partial charge in [0.2, 0.25) is 0 Å². The molecule has 1 aliphatic rings. The molecule has 1 aliphatic heterocycles. The van der Waals surface area contributed by atoms with E-state index < -0.39 is 11.6 Å². The van der Waals surface area contributed by atoms with Crippen LogP contribution in [0.5, 0.6) is 6.01 Å². The summed E-state index contributed by atoms with van der Waals surface area (Å²) in [6, 6.07) is 8.77. The lowest BCUT2D eigenvalue weighted by molar-refractivity contribution is 0.381. The highest BCUT2D eigenvalue weighted by Gasteiger charge is 2.28. The molecular weight excluding hydrogens is 436 g/mol. The maximum atomic E-state index is 16.0. The molecule has 1 fully saturated rings. The summed E-state index contributed by atoms with van der Waals surface area (Å²) in [6.45, 7) is 2.91.